The van der Waals surface area contributed by atoms with E-state index in [0.29, 0.717) is 5.41 Å². The van der Waals surface area contributed by atoms with E-state index in [1.165, 1.54) is 31.7 Å². The Hall–Kier alpha value is -0.0831. The van der Waals surface area contributed by atoms with Gasteiger partial charge in [-0.25, -0.2) is 0 Å². The van der Waals surface area contributed by atoms with Crippen molar-refractivity contribution >= 4 is 8.32 Å². The van der Waals surface area contributed by atoms with Gasteiger partial charge in [0.25, 0.3) is 0 Å². The van der Waals surface area contributed by atoms with Gasteiger partial charge in [-0.15, -0.1) is 0 Å². The molecule has 0 radical (unpaired) electrons. The molecule has 0 aromatic heterocycles. The third kappa shape index (κ3) is 1.96. The highest BCUT2D eigenvalue weighted by Crippen LogP contribution is 2.52. The van der Waals surface area contributed by atoms with Crippen LogP contribution in [-0.2, 0) is 4.43 Å². The molecule has 2 aliphatic rings. The van der Waals surface area contributed by atoms with E-state index < -0.39 is 8.32 Å². The third-order valence-corrected chi connectivity index (χ3v) is 6.74. The maximum absolute atomic E-state index is 5.62. The molecule has 1 saturated carbocycles. The van der Waals surface area contributed by atoms with Crippen LogP contribution in [-0.4, -0.2) is 15.4 Å². The van der Waals surface area contributed by atoms with Crippen molar-refractivity contribution in [2.45, 2.75) is 44.8 Å². The first kappa shape index (κ1) is 10.4. The van der Waals surface area contributed by atoms with Crippen molar-refractivity contribution in [3.8, 4) is 0 Å². The molecule has 2 atom stereocenters. The van der Waals surface area contributed by atoms with E-state index in [1.807, 2.05) is 7.11 Å². The van der Waals surface area contributed by atoms with Gasteiger partial charge in [-0.3, -0.25) is 0 Å². The normalized spacial score (nSPS) is 35.5. The maximum atomic E-state index is 5.62. The molecule has 0 aromatic rings. The van der Waals surface area contributed by atoms with Gasteiger partial charge in [-0.2, -0.15) is 0 Å². The Bertz CT molecular complexity index is 247. The van der Waals surface area contributed by atoms with Gasteiger partial charge in [0, 0.05) is 7.11 Å². The molecule has 2 unspecified atom stereocenters. The Morgan fingerprint density at radius 3 is 2.71 bits per heavy atom. The van der Waals surface area contributed by atoms with Crippen molar-refractivity contribution in [1.29, 1.82) is 0 Å². The lowest BCUT2D eigenvalue weighted by atomic mass is 9.85. The quantitative estimate of drug-likeness (QED) is 0.509. The Labute approximate surface area is 88.7 Å². The van der Waals surface area contributed by atoms with Crippen LogP contribution in [0.5, 0.6) is 0 Å². The highest BCUT2D eigenvalue weighted by Gasteiger charge is 2.41. The summed E-state index contributed by atoms with van der Waals surface area (Å²) in [5.41, 5.74) is 0.591. The van der Waals surface area contributed by atoms with Crippen LogP contribution in [0, 0.1) is 11.3 Å². The fourth-order valence-electron chi connectivity index (χ4n) is 2.82. The van der Waals surface area contributed by atoms with Gasteiger partial charge in [0.1, 0.15) is 0 Å². The molecule has 0 spiro atoms. The van der Waals surface area contributed by atoms with Crippen molar-refractivity contribution in [2.75, 3.05) is 7.11 Å². The zero-order chi connectivity index (χ0) is 10.2. The first-order valence-corrected chi connectivity index (χ1v) is 8.91. The van der Waals surface area contributed by atoms with Crippen LogP contribution in [0.3, 0.4) is 0 Å². The second-order valence-corrected chi connectivity index (χ2v) is 10.1. The van der Waals surface area contributed by atoms with Crippen LogP contribution in [0.2, 0.25) is 19.1 Å². The molecule has 2 bridgehead atoms. The SMILES string of the molecule is CO[Si](C)(C)CCC12C=CC(CC1)C2. The van der Waals surface area contributed by atoms with Gasteiger partial charge in [-0.05, 0) is 56.2 Å². The van der Waals surface area contributed by atoms with Gasteiger partial charge < -0.3 is 4.43 Å². The smallest absolute Gasteiger partial charge is 0.186 e. The monoisotopic (exact) mass is 210 g/mol. The molecule has 1 fully saturated rings. The molecule has 2 aliphatic carbocycles. The summed E-state index contributed by atoms with van der Waals surface area (Å²) in [6, 6.07) is 1.32. The molecule has 0 amide bonds. The van der Waals surface area contributed by atoms with Gasteiger partial charge in [-0.1, -0.05) is 12.2 Å². The lowest BCUT2D eigenvalue weighted by Crippen LogP contribution is -2.30. The van der Waals surface area contributed by atoms with Crippen LogP contribution in [0.15, 0.2) is 12.2 Å². The standard InChI is InChI=1S/C12H22OSi/c1-13-14(2,3)9-8-12-6-4-11(10-12)5-7-12/h4,6,11H,5,7-10H2,1-3H3. The summed E-state index contributed by atoms with van der Waals surface area (Å²) >= 11 is 0. The number of fused-ring (bicyclic) bond motifs is 2. The van der Waals surface area contributed by atoms with Crippen molar-refractivity contribution in [1.82, 2.24) is 0 Å². The Balaban J connectivity index is 1.89. The van der Waals surface area contributed by atoms with Gasteiger partial charge >= 0.3 is 0 Å². The van der Waals surface area contributed by atoms with Gasteiger partial charge in [0.05, 0.1) is 0 Å². The van der Waals surface area contributed by atoms with Gasteiger partial charge in [0.2, 0.25) is 0 Å². The number of hydrogen-bond acceptors (Lipinski definition) is 1. The first-order valence-electron chi connectivity index (χ1n) is 5.80. The summed E-state index contributed by atoms with van der Waals surface area (Å²) < 4.78 is 5.62. The van der Waals surface area contributed by atoms with Crippen LogP contribution in [0.1, 0.15) is 25.7 Å². The second kappa shape index (κ2) is 3.49. The van der Waals surface area contributed by atoms with E-state index in [4.69, 9.17) is 4.43 Å². The number of hydrogen-bond donors (Lipinski definition) is 0. The third-order valence-electron chi connectivity index (χ3n) is 4.18. The molecular formula is C12H22OSi. The average Bonchev–Trinajstić information content (AvgIpc) is 2.75. The molecule has 2 rings (SSSR count). The molecule has 80 valence electrons. The summed E-state index contributed by atoms with van der Waals surface area (Å²) in [4.78, 5) is 0. The predicted molar refractivity (Wildman–Crippen MR) is 62.8 cm³/mol. The molecule has 0 aliphatic heterocycles. The van der Waals surface area contributed by atoms with Crippen LogP contribution >= 0.6 is 0 Å². The van der Waals surface area contributed by atoms with Crippen molar-refractivity contribution in [3.05, 3.63) is 12.2 Å². The fraction of sp³-hybridized carbons (Fsp3) is 0.833. The van der Waals surface area contributed by atoms with E-state index in [-0.39, 0.29) is 0 Å². The van der Waals surface area contributed by atoms with Crippen LogP contribution in [0.25, 0.3) is 0 Å². The van der Waals surface area contributed by atoms with Gasteiger partial charge in [0.15, 0.2) is 8.32 Å². The van der Waals surface area contributed by atoms with E-state index in [9.17, 15) is 0 Å². The Morgan fingerprint density at radius 2 is 2.29 bits per heavy atom. The Kier molecular flexibility index (Phi) is 2.60. The van der Waals surface area contributed by atoms with E-state index in [1.54, 1.807) is 0 Å². The van der Waals surface area contributed by atoms with Crippen LogP contribution in [0.4, 0.5) is 0 Å². The molecule has 0 N–H and O–H groups in total. The van der Waals surface area contributed by atoms with Crippen molar-refractivity contribution in [3.63, 3.8) is 0 Å². The second-order valence-electron chi connectivity index (χ2n) is 5.69. The number of rotatable bonds is 4. The average molecular weight is 210 g/mol. The lowest BCUT2D eigenvalue weighted by molar-refractivity contribution is 0.358. The van der Waals surface area contributed by atoms with Crippen LogP contribution < -0.4 is 0 Å². The molecular weight excluding hydrogens is 188 g/mol. The maximum Gasteiger partial charge on any atom is 0.186 e. The zero-order valence-electron chi connectivity index (χ0n) is 9.68. The summed E-state index contributed by atoms with van der Waals surface area (Å²) in [6.07, 6.45) is 10.6. The summed E-state index contributed by atoms with van der Waals surface area (Å²) in [7, 11) is 0.557. The van der Waals surface area contributed by atoms with E-state index in [2.05, 4.69) is 25.2 Å². The minimum Gasteiger partial charge on any atom is -0.420 e. The molecule has 0 heterocycles. The summed E-state index contributed by atoms with van der Waals surface area (Å²) in [6.45, 7) is 4.66. The molecule has 14 heavy (non-hydrogen) atoms. The van der Waals surface area contributed by atoms with Crippen molar-refractivity contribution < 1.29 is 4.43 Å². The topological polar surface area (TPSA) is 9.23 Å². The number of allylic oxidation sites excluding steroid dienone is 2. The molecule has 0 saturated heterocycles. The van der Waals surface area contributed by atoms with E-state index in [0.717, 1.165) is 5.92 Å². The highest BCUT2D eigenvalue weighted by molar-refractivity contribution is 6.71. The predicted octanol–water partition coefficient (Wildman–Crippen LogP) is 3.58. The Morgan fingerprint density at radius 1 is 1.50 bits per heavy atom. The minimum atomic E-state index is -1.32. The highest BCUT2D eigenvalue weighted by atomic mass is 28.4. The van der Waals surface area contributed by atoms with Crippen molar-refractivity contribution in [2.24, 2.45) is 11.3 Å². The minimum absolute atomic E-state index is 0.591. The largest absolute Gasteiger partial charge is 0.420 e. The summed E-state index contributed by atoms with van der Waals surface area (Å²) in [5, 5.41) is 0. The molecule has 1 nitrogen and oxygen atoms in total. The fourth-order valence-corrected chi connectivity index (χ4v) is 4.12. The molecule has 0 aromatic carbocycles. The zero-order valence-corrected chi connectivity index (χ0v) is 10.7. The first-order chi connectivity index (χ1) is 6.55. The van der Waals surface area contributed by atoms with E-state index >= 15 is 0 Å². The summed E-state index contributed by atoms with van der Waals surface area (Å²) in [5.74, 6) is 0.919. The molecule has 2 heteroatoms. The lowest BCUT2D eigenvalue weighted by Gasteiger charge is -2.28.